The Kier molecular flexibility index (Phi) is 4.54. The normalized spacial score (nSPS) is 16.0. The highest BCUT2D eigenvalue weighted by atomic mass is 79.9. The number of aromatic nitrogens is 2. The highest BCUT2D eigenvalue weighted by molar-refractivity contribution is 9.10. The zero-order valence-corrected chi connectivity index (χ0v) is 13.6. The van der Waals surface area contributed by atoms with Crippen LogP contribution < -0.4 is 0 Å². The summed E-state index contributed by atoms with van der Waals surface area (Å²) in [7, 11) is 0. The average Bonchev–Trinajstić information content (AvgIpc) is 2.97. The number of hydrogen-bond acceptors (Lipinski definition) is 2. The molecule has 2 aromatic rings. The van der Waals surface area contributed by atoms with E-state index in [9.17, 15) is 4.79 Å². The second kappa shape index (κ2) is 6.56. The molecule has 0 aliphatic heterocycles. The van der Waals surface area contributed by atoms with Crippen LogP contribution in [-0.4, -0.2) is 15.6 Å². The molecule has 0 saturated heterocycles. The molecule has 1 saturated carbocycles. The maximum atomic E-state index is 12.2. The zero-order valence-electron chi connectivity index (χ0n) is 12.0. The minimum Gasteiger partial charge on any atom is -0.294 e. The Hall–Kier alpha value is -1.42. The van der Waals surface area contributed by atoms with Crippen molar-refractivity contribution in [2.75, 3.05) is 0 Å². The van der Waals surface area contributed by atoms with Crippen molar-refractivity contribution in [3.8, 4) is 0 Å². The number of hydrogen-bond donors (Lipinski definition) is 0. The van der Waals surface area contributed by atoms with Crippen LogP contribution in [0.5, 0.6) is 0 Å². The molecule has 0 N–H and O–H groups in total. The van der Waals surface area contributed by atoms with Gasteiger partial charge >= 0.3 is 0 Å². The summed E-state index contributed by atoms with van der Waals surface area (Å²) >= 11 is 3.38. The van der Waals surface area contributed by atoms with Gasteiger partial charge in [-0.25, -0.2) is 0 Å². The van der Waals surface area contributed by atoms with Crippen LogP contribution in [0.3, 0.4) is 0 Å². The number of ketones is 1. The molecular weight excluding hydrogens is 328 g/mol. The molecule has 1 fully saturated rings. The van der Waals surface area contributed by atoms with Crippen LogP contribution in [0.2, 0.25) is 0 Å². The molecule has 1 aliphatic carbocycles. The summed E-state index contributed by atoms with van der Waals surface area (Å²) in [6, 6.07) is 10.00. The number of nitrogens with zero attached hydrogens (tertiary/aromatic N) is 2. The number of benzene rings is 1. The first-order valence-corrected chi connectivity index (χ1v) is 8.34. The van der Waals surface area contributed by atoms with Crippen LogP contribution in [0, 0.1) is 0 Å². The summed E-state index contributed by atoms with van der Waals surface area (Å²) in [4.78, 5) is 12.2. The van der Waals surface area contributed by atoms with E-state index in [1.165, 1.54) is 32.1 Å². The van der Waals surface area contributed by atoms with Gasteiger partial charge in [0.25, 0.3) is 0 Å². The first-order chi connectivity index (χ1) is 10.2. The molecule has 0 amide bonds. The van der Waals surface area contributed by atoms with E-state index < -0.39 is 0 Å². The maximum absolute atomic E-state index is 12.2. The Labute approximate surface area is 133 Å². The number of rotatable bonds is 4. The smallest absolute Gasteiger partial charge is 0.168 e. The van der Waals surface area contributed by atoms with Crippen LogP contribution in [0.25, 0.3) is 0 Å². The topological polar surface area (TPSA) is 34.9 Å². The Morgan fingerprint density at radius 1 is 1.14 bits per heavy atom. The average molecular weight is 347 g/mol. The van der Waals surface area contributed by atoms with Crippen LogP contribution in [0.1, 0.15) is 54.2 Å². The van der Waals surface area contributed by atoms with E-state index in [0.29, 0.717) is 12.5 Å². The van der Waals surface area contributed by atoms with Crippen molar-refractivity contribution in [2.24, 2.45) is 0 Å². The molecule has 0 spiro atoms. The Morgan fingerprint density at radius 3 is 2.57 bits per heavy atom. The molecule has 4 heteroatoms. The third-order valence-electron chi connectivity index (χ3n) is 4.12. The third-order valence-corrected chi connectivity index (χ3v) is 4.65. The molecule has 1 heterocycles. The lowest BCUT2D eigenvalue weighted by Gasteiger charge is -2.21. The lowest BCUT2D eigenvalue weighted by Crippen LogP contribution is -2.14. The summed E-state index contributed by atoms with van der Waals surface area (Å²) in [5, 5.41) is 4.60. The van der Waals surface area contributed by atoms with E-state index in [2.05, 4.69) is 25.7 Å². The predicted molar refractivity (Wildman–Crippen MR) is 86.5 cm³/mol. The predicted octanol–water partition coefficient (Wildman–Crippen LogP) is 4.58. The van der Waals surface area contributed by atoms with E-state index in [4.69, 9.17) is 0 Å². The molecular formula is C17H19BrN2O. The molecule has 110 valence electrons. The van der Waals surface area contributed by atoms with Crippen molar-refractivity contribution in [3.63, 3.8) is 0 Å². The molecule has 0 atom stereocenters. The summed E-state index contributed by atoms with van der Waals surface area (Å²) < 4.78 is 3.05. The third kappa shape index (κ3) is 3.62. The Bertz CT molecular complexity index is 612. The number of Topliss-reactive ketones (excluding diaryl/α,β-unsaturated/α-hetero) is 1. The van der Waals surface area contributed by atoms with Crippen molar-refractivity contribution >= 4 is 21.7 Å². The standard InChI is InChI=1S/C17H19BrN2O/c18-14-8-6-13(7-9-14)17(21)12-15-10-11-20(19-15)16-4-2-1-3-5-16/h6-11,16H,1-5,12H2. The van der Waals surface area contributed by atoms with E-state index >= 15 is 0 Å². The summed E-state index contributed by atoms with van der Waals surface area (Å²) in [5.74, 6) is 0.122. The first kappa shape index (κ1) is 14.5. The highest BCUT2D eigenvalue weighted by Crippen LogP contribution is 2.27. The van der Waals surface area contributed by atoms with Crippen LogP contribution >= 0.6 is 15.9 Å². The number of carbonyl (C=O) groups excluding carboxylic acids is 1. The molecule has 3 rings (SSSR count). The van der Waals surface area contributed by atoms with Gasteiger partial charge in [-0.3, -0.25) is 9.48 Å². The van der Waals surface area contributed by atoms with Crippen molar-refractivity contribution < 1.29 is 4.79 Å². The van der Waals surface area contributed by atoms with Gasteiger partial charge in [0.1, 0.15) is 0 Å². The van der Waals surface area contributed by atoms with Crippen molar-refractivity contribution in [2.45, 2.75) is 44.6 Å². The first-order valence-electron chi connectivity index (χ1n) is 7.55. The summed E-state index contributed by atoms with van der Waals surface area (Å²) in [6.07, 6.45) is 8.74. The lowest BCUT2D eigenvalue weighted by molar-refractivity contribution is 0.0991. The second-order valence-electron chi connectivity index (χ2n) is 5.69. The number of halogens is 1. The van der Waals surface area contributed by atoms with E-state index in [-0.39, 0.29) is 5.78 Å². The minimum atomic E-state index is 0.122. The fourth-order valence-corrected chi connectivity index (χ4v) is 3.19. The van der Waals surface area contributed by atoms with Gasteiger partial charge in [-0.1, -0.05) is 47.3 Å². The summed E-state index contributed by atoms with van der Waals surface area (Å²) in [6.45, 7) is 0. The second-order valence-corrected chi connectivity index (χ2v) is 6.60. The van der Waals surface area contributed by atoms with E-state index in [1.54, 1.807) is 0 Å². The molecule has 0 unspecified atom stereocenters. The molecule has 21 heavy (non-hydrogen) atoms. The van der Waals surface area contributed by atoms with Gasteiger partial charge in [-0.05, 0) is 31.0 Å². The van der Waals surface area contributed by atoms with Gasteiger partial charge in [0.05, 0.1) is 18.2 Å². The van der Waals surface area contributed by atoms with Gasteiger partial charge in [-0.2, -0.15) is 5.10 Å². The molecule has 1 aliphatic rings. The monoisotopic (exact) mass is 346 g/mol. The molecule has 1 aromatic carbocycles. The molecule has 0 radical (unpaired) electrons. The minimum absolute atomic E-state index is 0.122. The molecule has 0 bridgehead atoms. The van der Waals surface area contributed by atoms with Gasteiger partial charge in [-0.15, -0.1) is 0 Å². The maximum Gasteiger partial charge on any atom is 0.168 e. The Balaban J connectivity index is 1.66. The van der Waals surface area contributed by atoms with Crippen LogP contribution in [-0.2, 0) is 6.42 Å². The van der Waals surface area contributed by atoms with Crippen LogP contribution in [0.4, 0.5) is 0 Å². The molecule has 1 aromatic heterocycles. The molecule has 3 nitrogen and oxygen atoms in total. The van der Waals surface area contributed by atoms with Gasteiger partial charge < -0.3 is 0 Å². The lowest BCUT2D eigenvalue weighted by atomic mass is 9.96. The van der Waals surface area contributed by atoms with Crippen molar-refractivity contribution in [1.29, 1.82) is 0 Å². The number of carbonyl (C=O) groups is 1. The van der Waals surface area contributed by atoms with Gasteiger partial charge in [0, 0.05) is 16.2 Å². The fraction of sp³-hybridized carbons (Fsp3) is 0.412. The summed E-state index contributed by atoms with van der Waals surface area (Å²) in [5.41, 5.74) is 1.61. The van der Waals surface area contributed by atoms with E-state index in [1.807, 2.05) is 36.5 Å². The SMILES string of the molecule is O=C(Cc1ccn(C2CCCCC2)n1)c1ccc(Br)cc1. The van der Waals surface area contributed by atoms with Gasteiger partial charge in [0.2, 0.25) is 0 Å². The largest absolute Gasteiger partial charge is 0.294 e. The fourth-order valence-electron chi connectivity index (χ4n) is 2.92. The van der Waals surface area contributed by atoms with Crippen LogP contribution in [0.15, 0.2) is 41.0 Å². The zero-order chi connectivity index (χ0) is 14.7. The van der Waals surface area contributed by atoms with Crippen molar-refractivity contribution in [1.82, 2.24) is 9.78 Å². The van der Waals surface area contributed by atoms with E-state index in [0.717, 1.165) is 15.7 Å². The van der Waals surface area contributed by atoms with Crippen molar-refractivity contribution in [3.05, 3.63) is 52.3 Å². The van der Waals surface area contributed by atoms with Gasteiger partial charge in [0.15, 0.2) is 5.78 Å². The highest BCUT2D eigenvalue weighted by Gasteiger charge is 2.17. The quantitative estimate of drug-likeness (QED) is 0.759. The Morgan fingerprint density at radius 2 is 1.86 bits per heavy atom.